The minimum Gasteiger partial charge on any atom is -0.444 e. The van der Waals surface area contributed by atoms with Crippen LogP contribution in [0, 0.1) is 29.5 Å². The number of benzene rings is 1. The number of aliphatic imine (C=N–C) groups is 1. The van der Waals surface area contributed by atoms with Gasteiger partial charge in [0.15, 0.2) is 5.84 Å². The van der Waals surface area contributed by atoms with Crippen molar-refractivity contribution in [2.24, 2.45) is 10.4 Å². The van der Waals surface area contributed by atoms with Gasteiger partial charge in [-0.05, 0) is 51.8 Å². The SMILES string of the molecule is CC[C@H](NC(=O)OC(C)(C)C)C(=O)Nc1cc(C(=N)N=C([C]2C=C2)C(C)(C)C)c(F)cc1C.COC.CP.[HH].[HH]. The van der Waals surface area contributed by atoms with Crippen molar-refractivity contribution in [1.82, 2.24) is 5.32 Å². The lowest BCUT2D eigenvalue weighted by atomic mass is 9.86. The van der Waals surface area contributed by atoms with Crippen molar-refractivity contribution in [2.45, 2.75) is 73.5 Å². The van der Waals surface area contributed by atoms with Gasteiger partial charge in [0.2, 0.25) is 5.91 Å². The number of allylic oxidation sites excluding steroid dienone is 2. The average Bonchev–Trinajstić information content (AvgIpc) is 3.62. The van der Waals surface area contributed by atoms with Crippen LogP contribution < -0.4 is 10.6 Å². The van der Waals surface area contributed by atoms with Gasteiger partial charge in [0, 0.05) is 33.9 Å². The Kier molecular flexibility index (Phi) is 14.6. The number of anilines is 1. The lowest BCUT2D eigenvalue weighted by Gasteiger charge is -2.23. The van der Waals surface area contributed by atoms with E-state index in [1.165, 1.54) is 12.1 Å². The molecule has 0 aromatic heterocycles. The van der Waals surface area contributed by atoms with E-state index in [1.54, 1.807) is 48.8 Å². The lowest BCUT2D eigenvalue weighted by Crippen LogP contribution is -2.45. The van der Waals surface area contributed by atoms with E-state index >= 15 is 0 Å². The summed E-state index contributed by atoms with van der Waals surface area (Å²) in [5.41, 5.74) is 0.503. The van der Waals surface area contributed by atoms with Crippen molar-refractivity contribution in [2.75, 3.05) is 26.2 Å². The fourth-order valence-corrected chi connectivity index (χ4v) is 3.05. The van der Waals surface area contributed by atoms with Gasteiger partial charge in [-0.1, -0.05) is 46.5 Å². The molecule has 1 aromatic carbocycles. The summed E-state index contributed by atoms with van der Waals surface area (Å²) in [5.74, 6) is -0.354. The molecule has 0 aliphatic heterocycles. The van der Waals surface area contributed by atoms with Crippen LogP contribution in [0.15, 0.2) is 29.3 Å². The highest BCUT2D eigenvalue weighted by Crippen LogP contribution is 2.32. The average molecular weight is 556 g/mol. The first kappa shape index (κ1) is 35.4. The molecule has 8 nitrogen and oxygen atoms in total. The van der Waals surface area contributed by atoms with Gasteiger partial charge in [0.25, 0.3) is 0 Å². The van der Waals surface area contributed by atoms with Crippen LogP contribution in [0.3, 0.4) is 0 Å². The van der Waals surface area contributed by atoms with Gasteiger partial charge in [0.05, 0.1) is 11.5 Å². The van der Waals surface area contributed by atoms with E-state index in [0.29, 0.717) is 23.4 Å². The fourth-order valence-electron chi connectivity index (χ4n) is 3.05. The molecule has 2 atom stereocenters. The standard InChI is InChI=1S/C25H34FN4O3.C2H6O.CH5P.2H2/c1-9-18(29-23(32)33-25(6,7)8)22(31)28-19-13-16(17(26)12-14(19)2)21(27)30-20(15-10-11-15)24(3,4)5;1-3-2;1-2;;/h10-13,18,27H,9H2,1-8H3,(H,28,31)(H,29,32);1-2H3;2H2,1H3;2*1H/t18-;;;;/m0..../s1. The highest BCUT2D eigenvalue weighted by atomic mass is 31.0. The molecule has 0 heterocycles. The molecule has 0 spiro atoms. The second kappa shape index (κ2) is 15.7. The third-order valence-corrected chi connectivity index (χ3v) is 4.78. The number of amidine groups is 1. The Balaban J connectivity index is -0.00000183. The first-order chi connectivity index (χ1) is 17.5. The normalized spacial score (nSPS) is 13.8. The number of nitrogens with one attached hydrogen (secondary N) is 3. The lowest BCUT2D eigenvalue weighted by molar-refractivity contribution is -0.118. The third kappa shape index (κ3) is 12.3. The number of carbonyl (C=O) groups is 2. The summed E-state index contributed by atoms with van der Waals surface area (Å²) in [4.78, 5) is 29.3. The second-order valence-corrected chi connectivity index (χ2v) is 10.5. The van der Waals surface area contributed by atoms with Crippen molar-refractivity contribution in [3.63, 3.8) is 0 Å². The van der Waals surface area contributed by atoms with Gasteiger partial charge in [-0.15, -0.1) is 9.24 Å². The summed E-state index contributed by atoms with van der Waals surface area (Å²) in [7, 11) is 5.67. The Bertz CT molecular complexity index is 1030. The van der Waals surface area contributed by atoms with E-state index in [0.717, 1.165) is 5.92 Å². The quantitative estimate of drug-likeness (QED) is 0.209. The van der Waals surface area contributed by atoms with Crippen LogP contribution in [0.25, 0.3) is 0 Å². The van der Waals surface area contributed by atoms with Gasteiger partial charge < -0.3 is 20.1 Å². The highest BCUT2D eigenvalue weighted by Gasteiger charge is 2.31. The Morgan fingerprint density at radius 1 is 1.13 bits per heavy atom. The number of ether oxygens (including phenoxy) is 2. The zero-order valence-electron chi connectivity index (χ0n) is 24.6. The number of carbonyl (C=O) groups excluding carboxylic acids is 2. The third-order valence-electron chi connectivity index (χ3n) is 4.78. The summed E-state index contributed by atoms with van der Waals surface area (Å²) < 4.78 is 24.2. The van der Waals surface area contributed by atoms with E-state index in [2.05, 4.69) is 29.6 Å². The summed E-state index contributed by atoms with van der Waals surface area (Å²) in [6, 6.07) is 1.83. The molecule has 2 rings (SSSR count). The van der Waals surface area contributed by atoms with E-state index < -0.39 is 29.5 Å². The highest BCUT2D eigenvalue weighted by molar-refractivity contribution is 7.15. The largest absolute Gasteiger partial charge is 0.444 e. The predicted molar refractivity (Wildman–Crippen MR) is 162 cm³/mol. The Labute approximate surface area is 232 Å². The molecule has 0 saturated heterocycles. The van der Waals surface area contributed by atoms with E-state index in [-0.39, 0.29) is 19.7 Å². The van der Waals surface area contributed by atoms with Gasteiger partial charge in [-0.2, -0.15) is 0 Å². The number of aryl methyl sites for hydroxylation is 1. The Morgan fingerprint density at radius 3 is 2.08 bits per heavy atom. The maximum atomic E-state index is 14.7. The summed E-state index contributed by atoms with van der Waals surface area (Å²) in [6.45, 7) is 16.5. The van der Waals surface area contributed by atoms with Crippen LogP contribution in [0.2, 0.25) is 0 Å². The summed E-state index contributed by atoms with van der Waals surface area (Å²) in [5, 5.41) is 13.7. The maximum Gasteiger partial charge on any atom is 0.408 e. The summed E-state index contributed by atoms with van der Waals surface area (Å²) in [6.07, 6.45) is 3.44. The molecule has 0 bridgehead atoms. The van der Waals surface area contributed by atoms with Crippen molar-refractivity contribution >= 4 is 38.5 Å². The zero-order valence-corrected chi connectivity index (χ0v) is 25.8. The molecule has 0 fully saturated rings. The van der Waals surface area contributed by atoms with Crippen molar-refractivity contribution in [3.05, 3.63) is 47.1 Å². The molecule has 3 N–H and O–H groups in total. The Morgan fingerprint density at radius 2 is 1.66 bits per heavy atom. The number of hydrogen-bond donors (Lipinski definition) is 3. The van der Waals surface area contributed by atoms with Gasteiger partial charge >= 0.3 is 6.09 Å². The minimum atomic E-state index is -0.838. The summed E-state index contributed by atoms with van der Waals surface area (Å²) >= 11 is 0. The molecule has 0 saturated carbocycles. The van der Waals surface area contributed by atoms with Gasteiger partial charge in [0.1, 0.15) is 17.5 Å². The molecule has 1 aliphatic rings. The second-order valence-electron chi connectivity index (χ2n) is 10.5. The molecule has 1 radical (unpaired) electrons. The van der Waals surface area contributed by atoms with E-state index in [4.69, 9.17) is 10.1 Å². The van der Waals surface area contributed by atoms with Crippen LogP contribution in [-0.4, -0.2) is 56.1 Å². The minimum absolute atomic E-state index is 0. The molecule has 217 valence electrons. The number of amides is 2. The molecule has 1 aliphatic carbocycles. The van der Waals surface area contributed by atoms with Crippen molar-refractivity contribution in [1.29, 1.82) is 5.41 Å². The topological polar surface area (TPSA) is 113 Å². The molecule has 1 unspecified atom stereocenters. The van der Waals surface area contributed by atoms with E-state index in [1.807, 2.05) is 39.6 Å². The Hall–Kier alpha value is -2.64. The molecule has 38 heavy (non-hydrogen) atoms. The van der Waals surface area contributed by atoms with Gasteiger partial charge in [-0.25, -0.2) is 14.2 Å². The number of halogens is 1. The molecule has 2 amide bonds. The van der Waals surface area contributed by atoms with Crippen LogP contribution >= 0.6 is 9.24 Å². The monoisotopic (exact) mass is 555 g/mol. The number of hydrogen-bond acceptors (Lipinski definition) is 5. The molecular formula is C28H49FN4O4P. The van der Waals surface area contributed by atoms with Crippen LogP contribution in [-0.2, 0) is 14.3 Å². The predicted octanol–water partition coefficient (Wildman–Crippen LogP) is 6.58. The molecule has 10 heteroatoms. The van der Waals surface area contributed by atoms with Crippen LogP contribution in [0.4, 0.5) is 14.9 Å². The van der Waals surface area contributed by atoms with Gasteiger partial charge in [-0.3, -0.25) is 10.2 Å². The maximum absolute atomic E-state index is 14.7. The number of alkyl carbamates (subject to hydrolysis) is 1. The van der Waals surface area contributed by atoms with Crippen molar-refractivity contribution < 1.29 is 26.3 Å². The molecular weight excluding hydrogens is 506 g/mol. The van der Waals surface area contributed by atoms with Crippen LogP contribution in [0.5, 0.6) is 0 Å². The van der Waals surface area contributed by atoms with Crippen LogP contribution in [0.1, 0.15) is 68.9 Å². The first-order valence-electron chi connectivity index (χ1n) is 12.4. The molecule has 1 aromatic rings. The van der Waals surface area contributed by atoms with Crippen molar-refractivity contribution in [3.8, 4) is 0 Å². The number of nitrogens with zero attached hydrogens (tertiary/aromatic N) is 1. The fraction of sp³-hybridized carbons (Fsp3) is 0.536. The first-order valence-corrected chi connectivity index (χ1v) is 13.5. The smallest absolute Gasteiger partial charge is 0.408 e. The van der Waals surface area contributed by atoms with E-state index in [9.17, 15) is 14.0 Å². The number of methoxy groups -OCH3 is 1. The zero-order chi connectivity index (χ0) is 29.8. The number of rotatable bonds is 6.